The van der Waals surface area contributed by atoms with Crippen LogP contribution in [0.25, 0.3) is 0 Å². The van der Waals surface area contributed by atoms with Crippen LogP contribution in [0.4, 0.5) is 5.69 Å². The predicted octanol–water partition coefficient (Wildman–Crippen LogP) is 3.60. The highest BCUT2D eigenvalue weighted by molar-refractivity contribution is 9.10. The molecule has 0 fully saturated rings. The number of carbonyl (C=O) groups is 1. The minimum absolute atomic E-state index is 0.117. The molecule has 0 aliphatic heterocycles. The Bertz CT molecular complexity index is 676. The molecule has 1 heterocycles. The quantitative estimate of drug-likeness (QED) is 0.665. The topological polar surface area (TPSA) is 93.3 Å². The van der Waals surface area contributed by atoms with Crippen LogP contribution < -0.4 is 0 Å². The monoisotopic (exact) mass is 354 g/mol. The van der Waals surface area contributed by atoms with Crippen LogP contribution in [-0.4, -0.2) is 21.0 Å². The maximum Gasteiger partial charge on any atom is 0.337 e. The number of nitro groups is 1. The molecule has 1 aromatic heterocycles. The van der Waals surface area contributed by atoms with Gasteiger partial charge in [-0.05, 0) is 34.1 Å². The largest absolute Gasteiger partial charge is 0.478 e. The summed E-state index contributed by atoms with van der Waals surface area (Å²) in [5, 5.41) is 20.4. The molecule has 20 heavy (non-hydrogen) atoms. The smallest absolute Gasteiger partial charge is 0.337 e. The fourth-order valence-electron chi connectivity index (χ4n) is 1.42. The van der Waals surface area contributed by atoms with Crippen molar-refractivity contribution in [1.29, 1.82) is 0 Å². The molecule has 0 saturated heterocycles. The summed E-state index contributed by atoms with van der Waals surface area (Å²) < 4.78 is 0.809. The van der Waals surface area contributed by atoms with E-state index in [0.29, 0.717) is 9.92 Å². The second-order valence-electron chi connectivity index (χ2n) is 3.66. The average Bonchev–Trinajstić information content (AvgIpc) is 2.41. The van der Waals surface area contributed by atoms with Crippen LogP contribution in [0.15, 0.2) is 50.9 Å². The molecule has 1 aromatic carbocycles. The molecule has 0 saturated carbocycles. The lowest BCUT2D eigenvalue weighted by atomic mass is 10.2. The van der Waals surface area contributed by atoms with Gasteiger partial charge in [0.1, 0.15) is 5.03 Å². The Morgan fingerprint density at radius 2 is 2.10 bits per heavy atom. The number of rotatable bonds is 4. The summed E-state index contributed by atoms with van der Waals surface area (Å²) in [5.41, 5.74) is -0.371. The number of aromatic nitrogens is 1. The predicted molar refractivity (Wildman–Crippen MR) is 76.1 cm³/mol. The molecule has 0 bridgehead atoms. The number of nitrogens with zero attached hydrogens (tertiary/aromatic N) is 2. The molecule has 1 N–H and O–H groups in total. The first kappa shape index (κ1) is 14.5. The van der Waals surface area contributed by atoms with Crippen molar-refractivity contribution in [2.45, 2.75) is 9.92 Å². The van der Waals surface area contributed by atoms with E-state index in [1.54, 1.807) is 18.3 Å². The maximum absolute atomic E-state index is 11.2. The summed E-state index contributed by atoms with van der Waals surface area (Å²) in [6.07, 6.45) is 1.59. The van der Waals surface area contributed by atoms with Gasteiger partial charge in [0.15, 0.2) is 0 Å². The van der Waals surface area contributed by atoms with Crippen molar-refractivity contribution in [2.75, 3.05) is 0 Å². The normalized spacial score (nSPS) is 10.2. The summed E-state index contributed by atoms with van der Waals surface area (Å²) in [6, 6.07) is 7.23. The lowest BCUT2D eigenvalue weighted by Gasteiger charge is -2.05. The fourth-order valence-corrected chi connectivity index (χ4v) is 2.52. The summed E-state index contributed by atoms with van der Waals surface area (Å²) in [6.45, 7) is 0. The summed E-state index contributed by atoms with van der Waals surface area (Å²) >= 11 is 4.39. The molecule has 102 valence electrons. The molecular weight excluding hydrogens is 348 g/mol. The summed E-state index contributed by atoms with van der Waals surface area (Å²) in [4.78, 5) is 25.7. The van der Waals surface area contributed by atoms with Gasteiger partial charge in [0.2, 0.25) is 0 Å². The lowest BCUT2D eigenvalue weighted by Crippen LogP contribution is -2.00. The van der Waals surface area contributed by atoms with Crippen LogP contribution in [0.2, 0.25) is 0 Å². The maximum atomic E-state index is 11.2. The van der Waals surface area contributed by atoms with E-state index in [0.717, 1.165) is 22.3 Å². The van der Waals surface area contributed by atoms with E-state index in [1.807, 2.05) is 0 Å². The number of carboxylic acid groups (broad SMARTS) is 1. The number of non-ortho nitro benzene ring substituents is 1. The molecule has 8 heteroatoms. The average molecular weight is 355 g/mol. The zero-order valence-corrected chi connectivity index (χ0v) is 12.2. The molecule has 0 unspecified atom stereocenters. The van der Waals surface area contributed by atoms with Crippen LogP contribution in [0, 0.1) is 10.1 Å². The molecule has 2 aromatic rings. The lowest BCUT2D eigenvalue weighted by molar-refractivity contribution is -0.384. The SMILES string of the molecule is O=C(O)c1cc([N+](=O)[O-])ccc1Sc1ccc(Br)cn1. The zero-order valence-electron chi connectivity index (χ0n) is 9.82. The van der Waals surface area contributed by atoms with Gasteiger partial charge in [-0.25, -0.2) is 9.78 Å². The van der Waals surface area contributed by atoms with Crippen molar-refractivity contribution in [3.05, 3.63) is 56.7 Å². The van der Waals surface area contributed by atoms with Gasteiger partial charge in [-0.15, -0.1) is 0 Å². The van der Waals surface area contributed by atoms with E-state index >= 15 is 0 Å². The molecule has 6 nitrogen and oxygen atoms in total. The molecule has 0 aliphatic rings. The van der Waals surface area contributed by atoms with Crippen molar-refractivity contribution in [3.8, 4) is 0 Å². The molecule has 2 rings (SSSR count). The molecule has 0 aliphatic carbocycles. The van der Waals surface area contributed by atoms with E-state index in [9.17, 15) is 14.9 Å². The fraction of sp³-hybridized carbons (Fsp3) is 0. The van der Waals surface area contributed by atoms with Crippen molar-refractivity contribution in [3.63, 3.8) is 0 Å². The Labute approximate surface area is 126 Å². The number of benzene rings is 1. The van der Waals surface area contributed by atoms with Crippen LogP contribution >= 0.6 is 27.7 Å². The number of carboxylic acids is 1. The van der Waals surface area contributed by atoms with Gasteiger partial charge in [0.05, 0.1) is 10.5 Å². The Hall–Kier alpha value is -1.93. The number of pyridine rings is 1. The zero-order chi connectivity index (χ0) is 14.7. The van der Waals surface area contributed by atoms with Crippen molar-refractivity contribution >= 4 is 39.3 Å². The minimum Gasteiger partial charge on any atom is -0.478 e. The Morgan fingerprint density at radius 3 is 2.65 bits per heavy atom. The van der Waals surface area contributed by atoms with E-state index in [-0.39, 0.29) is 11.3 Å². The van der Waals surface area contributed by atoms with E-state index < -0.39 is 10.9 Å². The third kappa shape index (κ3) is 3.34. The number of aromatic carboxylic acids is 1. The number of hydrogen-bond donors (Lipinski definition) is 1. The third-order valence-electron chi connectivity index (χ3n) is 2.32. The van der Waals surface area contributed by atoms with E-state index in [1.165, 1.54) is 12.1 Å². The van der Waals surface area contributed by atoms with Gasteiger partial charge >= 0.3 is 5.97 Å². The molecular formula is C12H7BrN2O4S. The minimum atomic E-state index is -1.21. The summed E-state index contributed by atoms with van der Waals surface area (Å²) in [5.74, 6) is -1.21. The number of nitro benzene ring substituents is 1. The van der Waals surface area contributed by atoms with Crippen molar-refractivity contribution in [1.82, 2.24) is 4.98 Å². The molecule has 0 spiro atoms. The molecule has 0 radical (unpaired) electrons. The van der Waals surface area contributed by atoms with E-state index in [2.05, 4.69) is 20.9 Å². The standard InChI is InChI=1S/C12H7BrN2O4S/c13-7-1-4-11(14-6-7)20-10-3-2-8(15(18)19)5-9(10)12(16)17/h1-6H,(H,16,17). The van der Waals surface area contributed by atoms with Gasteiger partial charge in [-0.1, -0.05) is 11.8 Å². The van der Waals surface area contributed by atoms with Crippen LogP contribution in [0.5, 0.6) is 0 Å². The van der Waals surface area contributed by atoms with Gasteiger partial charge in [0, 0.05) is 27.7 Å². The first-order valence-corrected chi connectivity index (χ1v) is 6.89. The van der Waals surface area contributed by atoms with Crippen LogP contribution in [0.3, 0.4) is 0 Å². The molecule has 0 amide bonds. The first-order valence-electron chi connectivity index (χ1n) is 5.28. The van der Waals surface area contributed by atoms with Gasteiger partial charge in [-0.2, -0.15) is 0 Å². The Balaban J connectivity index is 2.38. The van der Waals surface area contributed by atoms with Crippen LogP contribution in [0.1, 0.15) is 10.4 Å². The second-order valence-corrected chi connectivity index (χ2v) is 5.64. The molecule has 0 atom stereocenters. The summed E-state index contributed by atoms with van der Waals surface area (Å²) in [7, 11) is 0. The van der Waals surface area contributed by atoms with Gasteiger partial charge in [-0.3, -0.25) is 10.1 Å². The highest BCUT2D eigenvalue weighted by atomic mass is 79.9. The second kappa shape index (κ2) is 6.02. The van der Waals surface area contributed by atoms with Crippen LogP contribution in [-0.2, 0) is 0 Å². The van der Waals surface area contributed by atoms with Gasteiger partial charge in [0.25, 0.3) is 5.69 Å². The number of halogens is 1. The van der Waals surface area contributed by atoms with E-state index in [4.69, 9.17) is 5.11 Å². The van der Waals surface area contributed by atoms with Crippen molar-refractivity contribution < 1.29 is 14.8 Å². The third-order valence-corrected chi connectivity index (χ3v) is 3.81. The Kier molecular flexibility index (Phi) is 4.35. The van der Waals surface area contributed by atoms with Crippen molar-refractivity contribution in [2.24, 2.45) is 0 Å². The highest BCUT2D eigenvalue weighted by Gasteiger charge is 2.17. The highest BCUT2D eigenvalue weighted by Crippen LogP contribution is 2.31. The van der Waals surface area contributed by atoms with Gasteiger partial charge < -0.3 is 5.11 Å². The number of hydrogen-bond acceptors (Lipinski definition) is 5. The first-order chi connectivity index (χ1) is 9.47. The Morgan fingerprint density at radius 1 is 1.35 bits per heavy atom.